The van der Waals surface area contributed by atoms with Crippen LogP contribution in [0.3, 0.4) is 0 Å². The monoisotopic (exact) mass is 574 g/mol. The average Bonchev–Trinajstić information content (AvgIpc) is 2.94. The number of nitrogens with zero attached hydrogens (tertiary/aromatic N) is 1. The summed E-state index contributed by atoms with van der Waals surface area (Å²) >= 11 is 3.41. The lowest BCUT2D eigenvalue weighted by molar-refractivity contribution is 0.102. The van der Waals surface area contributed by atoms with Crippen molar-refractivity contribution in [1.29, 1.82) is 0 Å². The van der Waals surface area contributed by atoms with Gasteiger partial charge in [0.05, 0.1) is 4.90 Å². The molecule has 4 aromatic carbocycles. The highest BCUT2D eigenvalue weighted by Crippen LogP contribution is 2.26. The average molecular weight is 575 g/mol. The SMILES string of the molecule is O=C(Nc1ccc(Br)c(C(=O)c2ccccc2)c1)c1ccc(S(=O)(=O)N2CCc3ccccc3C2)cc1. The molecule has 1 N–H and O–H groups in total. The number of fused-ring (bicyclic) bond motifs is 1. The molecule has 0 aromatic heterocycles. The maximum Gasteiger partial charge on any atom is 0.255 e. The molecule has 5 rings (SSSR count). The topological polar surface area (TPSA) is 83.5 Å². The van der Waals surface area contributed by atoms with Gasteiger partial charge in [-0.25, -0.2) is 8.42 Å². The Balaban J connectivity index is 1.31. The highest BCUT2D eigenvalue weighted by Gasteiger charge is 2.28. The number of hydrogen-bond acceptors (Lipinski definition) is 4. The van der Waals surface area contributed by atoms with E-state index in [1.54, 1.807) is 42.5 Å². The van der Waals surface area contributed by atoms with Crippen LogP contribution in [0.5, 0.6) is 0 Å². The molecule has 0 bridgehead atoms. The summed E-state index contributed by atoms with van der Waals surface area (Å²) in [5.41, 5.74) is 3.91. The lowest BCUT2D eigenvalue weighted by atomic mass is 10.0. The van der Waals surface area contributed by atoms with Gasteiger partial charge in [-0.05, 0) is 60.0 Å². The van der Waals surface area contributed by atoms with Crippen molar-refractivity contribution in [2.75, 3.05) is 11.9 Å². The Morgan fingerprint density at radius 2 is 1.46 bits per heavy atom. The lowest BCUT2D eigenvalue weighted by Crippen LogP contribution is -2.35. The van der Waals surface area contributed by atoms with Gasteiger partial charge >= 0.3 is 0 Å². The van der Waals surface area contributed by atoms with Gasteiger partial charge in [0.1, 0.15) is 0 Å². The molecular weight excluding hydrogens is 552 g/mol. The van der Waals surface area contributed by atoms with E-state index in [9.17, 15) is 18.0 Å². The number of benzene rings is 4. The van der Waals surface area contributed by atoms with Crippen LogP contribution in [0.4, 0.5) is 5.69 Å². The quantitative estimate of drug-likeness (QED) is 0.300. The number of halogens is 1. The van der Waals surface area contributed by atoms with Gasteiger partial charge in [0.15, 0.2) is 5.78 Å². The highest BCUT2D eigenvalue weighted by molar-refractivity contribution is 9.10. The minimum absolute atomic E-state index is 0.141. The lowest BCUT2D eigenvalue weighted by Gasteiger charge is -2.28. The molecule has 186 valence electrons. The van der Waals surface area contributed by atoms with Gasteiger partial charge in [-0.3, -0.25) is 9.59 Å². The summed E-state index contributed by atoms with van der Waals surface area (Å²) in [6, 6.07) is 27.7. The van der Waals surface area contributed by atoms with E-state index in [1.165, 1.54) is 34.1 Å². The molecule has 0 saturated carbocycles. The van der Waals surface area contributed by atoms with Crippen molar-refractivity contribution < 1.29 is 18.0 Å². The Labute approximate surface area is 224 Å². The molecule has 0 spiro atoms. The first-order chi connectivity index (χ1) is 17.8. The van der Waals surface area contributed by atoms with E-state index in [-0.39, 0.29) is 10.7 Å². The van der Waals surface area contributed by atoms with Gasteiger partial charge in [-0.1, -0.05) is 70.5 Å². The Kier molecular flexibility index (Phi) is 7.06. The third kappa shape index (κ3) is 5.27. The first-order valence-corrected chi connectivity index (χ1v) is 13.9. The van der Waals surface area contributed by atoms with E-state index in [0.717, 1.165) is 5.56 Å². The van der Waals surface area contributed by atoms with Crippen molar-refractivity contribution >= 4 is 43.3 Å². The molecule has 1 aliphatic rings. The minimum Gasteiger partial charge on any atom is -0.322 e. The van der Waals surface area contributed by atoms with E-state index in [4.69, 9.17) is 0 Å². The summed E-state index contributed by atoms with van der Waals surface area (Å²) in [5, 5.41) is 2.79. The zero-order valence-corrected chi connectivity index (χ0v) is 22.1. The van der Waals surface area contributed by atoms with Gasteiger partial charge in [0.25, 0.3) is 5.91 Å². The van der Waals surface area contributed by atoms with Crippen LogP contribution in [0, 0.1) is 0 Å². The summed E-state index contributed by atoms with van der Waals surface area (Å²) in [6.07, 6.45) is 0.665. The van der Waals surface area contributed by atoms with Crippen molar-refractivity contribution in [2.45, 2.75) is 17.9 Å². The zero-order valence-electron chi connectivity index (χ0n) is 19.7. The van der Waals surface area contributed by atoms with E-state index in [2.05, 4.69) is 21.2 Å². The number of ketones is 1. The summed E-state index contributed by atoms with van der Waals surface area (Å²) in [7, 11) is -3.69. The maximum absolute atomic E-state index is 13.2. The van der Waals surface area contributed by atoms with Crippen LogP contribution in [0.1, 0.15) is 37.4 Å². The first kappa shape index (κ1) is 25.1. The van der Waals surface area contributed by atoms with Crippen molar-refractivity contribution in [3.8, 4) is 0 Å². The molecule has 1 amide bonds. The number of anilines is 1. The largest absolute Gasteiger partial charge is 0.322 e. The van der Waals surface area contributed by atoms with Gasteiger partial charge in [-0.15, -0.1) is 0 Å². The van der Waals surface area contributed by atoms with Crippen LogP contribution >= 0.6 is 15.9 Å². The molecule has 4 aromatic rings. The zero-order chi connectivity index (χ0) is 26.0. The number of hydrogen-bond donors (Lipinski definition) is 1. The van der Waals surface area contributed by atoms with Crippen LogP contribution in [-0.4, -0.2) is 31.0 Å². The molecule has 0 aliphatic carbocycles. The fourth-order valence-electron chi connectivity index (χ4n) is 4.33. The number of carbonyl (C=O) groups is 2. The van der Waals surface area contributed by atoms with E-state index in [0.29, 0.717) is 46.4 Å². The van der Waals surface area contributed by atoms with Gasteiger partial charge < -0.3 is 5.32 Å². The van der Waals surface area contributed by atoms with Crippen molar-refractivity contribution in [3.05, 3.63) is 129 Å². The van der Waals surface area contributed by atoms with Crippen LogP contribution in [0.2, 0.25) is 0 Å². The Morgan fingerprint density at radius 1 is 0.784 bits per heavy atom. The van der Waals surface area contributed by atoms with Crippen molar-refractivity contribution in [2.24, 2.45) is 0 Å². The molecule has 1 aliphatic heterocycles. The summed E-state index contributed by atoms with van der Waals surface area (Å²) in [6.45, 7) is 0.740. The molecule has 1 heterocycles. The molecular formula is C29H23BrN2O4S. The fourth-order valence-corrected chi connectivity index (χ4v) is 6.17. The Morgan fingerprint density at radius 3 is 2.19 bits per heavy atom. The first-order valence-electron chi connectivity index (χ1n) is 11.7. The maximum atomic E-state index is 13.2. The molecule has 0 atom stereocenters. The van der Waals surface area contributed by atoms with Crippen molar-refractivity contribution in [1.82, 2.24) is 4.31 Å². The number of sulfonamides is 1. The number of nitrogens with one attached hydrogen (secondary N) is 1. The van der Waals surface area contributed by atoms with Gasteiger partial charge in [-0.2, -0.15) is 4.31 Å². The van der Waals surface area contributed by atoms with Gasteiger partial charge in [0, 0.05) is 39.9 Å². The smallest absolute Gasteiger partial charge is 0.255 e. The van der Waals surface area contributed by atoms with Crippen LogP contribution in [0.25, 0.3) is 0 Å². The molecule has 6 nitrogen and oxygen atoms in total. The van der Waals surface area contributed by atoms with Crippen LogP contribution in [-0.2, 0) is 23.0 Å². The molecule has 0 radical (unpaired) electrons. The van der Waals surface area contributed by atoms with Crippen LogP contribution in [0.15, 0.2) is 106 Å². The minimum atomic E-state index is -3.69. The van der Waals surface area contributed by atoms with E-state index in [1.807, 2.05) is 30.3 Å². The highest BCUT2D eigenvalue weighted by atomic mass is 79.9. The number of carbonyl (C=O) groups excluding carboxylic acids is 2. The second kappa shape index (κ2) is 10.4. The molecule has 8 heteroatoms. The summed E-state index contributed by atoms with van der Waals surface area (Å²) < 4.78 is 28.5. The predicted octanol–water partition coefficient (Wildman–Crippen LogP) is 5.68. The number of rotatable bonds is 6. The molecule has 0 unspecified atom stereocenters. The standard InChI is InChI=1S/C29H23BrN2O4S/c30-27-15-12-24(18-26(27)28(33)21-7-2-1-3-8-21)31-29(34)22-10-13-25(14-11-22)37(35,36)32-17-16-20-6-4-5-9-23(20)19-32/h1-15,18H,16-17,19H2,(H,31,34). The Hall–Kier alpha value is -3.59. The third-order valence-corrected chi connectivity index (χ3v) is 8.91. The second-order valence-corrected chi connectivity index (χ2v) is 11.5. The number of amides is 1. The normalized spacial score (nSPS) is 13.5. The Bertz CT molecular complexity index is 1590. The fraction of sp³-hybridized carbons (Fsp3) is 0.103. The van der Waals surface area contributed by atoms with Crippen molar-refractivity contribution in [3.63, 3.8) is 0 Å². The van der Waals surface area contributed by atoms with E-state index < -0.39 is 15.9 Å². The summed E-state index contributed by atoms with van der Waals surface area (Å²) in [5.74, 6) is -0.574. The van der Waals surface area contributed by atoms with Gasteiger partial charge in [0.2, 0.25) is 10.0 Å². The second-order valence-electron chi connectivity index (χ2n) is 8.73. The predicted molar refractivity (Wildman–Crippen MR) is 146 cm³/mol. The van der Waals surface area contributed by atoms with E-state index >= 15 is 0 Å². The molecule has 0 saturated heterocycles. The van der Waals surface area contributed by atoms with Crippen LogP contribution < -0.4 is 5.32 Å². The third-order valence-electron chi connectivity index (χ3n) is 6.35. The molecule has 37 heavy (non-hydrogen) atoms. The summed E-state index contributed by atoms with van der Waals surface area (Å²) in [4.78, 5) is 25.9. The molecule has 0 fully saturated rings.